The number of carbonyl (C=O) groups excluding carboxylic acids is 1. The summed E-state index contributed by atoms with van der Waals surface area (Å²) in [5.74, 6) is -0.0719. The number of nitrogens with zero attached hydrogens (tertiary/aromatic N) is 3. The van der Waals surface area contributed by atoms with Gasteiger partial charge in [0.1, 0.15) is 0 Å². The molecule has 0 saturated heterocycles. The highest BCUT2D eigenvalue weighted by molar-refractivity contribution is 6.21. The lowest BCUT2D eigenvalue weighted by Crippen LogP contribution is -2.34. The summed E-state index contributed by atoms with van der Waals surface area (Å²) in [7, 11) is 5.10. The summed E-state index contributed by atoms with van der Waals surface area (Å²) < 4.78 is 6.56. The summed E-state index contributed by atoms with van der Waals surface area (Å²) in [6, 6.07) is 0. The van der Waals surface area contributed by atoms with Crippen LogP contribution in [0.4, 0.5) is 0 Å². The van der Waals surface area contributed by atoms with Crippen LogP contribution in [0.2, 0.25) is 0 Å². The van der Waals surface area contributed by atoms with E-state index in [1.807, 2.05) is 6.92 Å². The summed E-state index contributed by atoms with van der Waals surface area (Å²) in [6.45, 7) is 2.68. The smallest absolute Gasteiger partial charge is 0.257 e. The molecule has 5 nitrogen and oxygen atoms in total. The molecule has 0 saturated carbocycles. The summed E-state index contributed by atoms with van der Waals surface area (Å²) in [4.78, 5) is 13.7. The van der Waals surface area contributed by atoms with E-state index in [0.717, 1.165) is 5.69 Å². The van der Waals surface area contributed by atoms with Crippen LogP contribution in [0.25, 0.3) is 0 Å². The Hall–Kier alpha value is -1.07. The number of ether oxygens (including phenoxy) is 1. The Kier molecular flexibility index (Phi) is 4.96. The van der Waals surface area contributed by atoms with Crippen LogP contribution in [0.3, 0.4) is 0 Å². The molecule has 0 N–H and O–H groups in total. The first-order valence-electron chi connectivity index (χ1n) is 5.34. The van der Waals surface area contributed by atoms with Crippen LogP contribution in [0, 0.1) is 6.92 Å². The van der Waals surface area contributed by atoms with E-state index in [9.17, 15) is 4.79 Å². The zero-order valence-electron chi connectivity index (χ0n) is 10.6. The molecular formula is C11H18ClN3O2. The summed E-state index contributed by atoms with van der Waals surface area (Å²) >= 11 is 6.01. The predicted octanol–water partition coefficient (Wildman–Crippen LogP) is 1.05. The second-order valence-corrected chi connectivity index (χ2v) is 4.66. The van der Waals surface area contributed by atoms with Crippen LogP contribution in [0.5, 0.6) is 0 Å². The van der Waals surface area contributed by atoms with E-state index in [1.165, 1.54) is 0 Å². The Morgan fingerprint density at radius 1 is 1.71 bits per heavy atom. The fourth-order valence-corrected chi connectivity index (χ4v) is 1.96. The van der Waals surface area contributed by atoms with Gasteiger partial charge in [-0.25, -0.2) is 0 Å². The average Bonchev–Trinajstić information content (AvgIpc) is 2.56. The maximum Gasteiger partial charge on any atom is 0.257 e. The molecule has 6 heteroatoms. The van der Waals surface area contributed by atoms with Crippen molar-refractivity contribution in [2.45, 2.75) is 12.3 Å². The second-order valence-electron chi connectivity index (χ2n) is 4.04. The number of halogens is 1. The van der Waals surface area contributed by atoms with Crippen molar-refractivity contribution in [3.8, 4) is 0 Å². The van der Waals surface area contributed by atoms with Gasteiger partial charge in [-0.3, -0.25) is 9.48 Å². The van der Waals surface area contributed by atoms with Crippen LogP contribution < -0.4 is 0 Å². The molecule has 0 spiro atoms. The van der Waals surface area contributed by atoms with E-state index < -0.39 is 0 Å². The number of amides is 1. The molecule has 0 fully saturated rings. The van der Waals surface area contributed by atoms with Crippen molar-refractivity contribution in [3.63, 3.8) is 0 Å². The van der Waals surface area contributed by atoms with Crippen LogP contribution in [-0.2, 0) is 11.8 Å². The molecule has 0 bridgehead atoms. The molecule has 1 aromatic heterocycles. The van der Waals surface area contributed by atoms with Gasteiger partial charge in [0.25, 0.3) is 5.91 Å². The van der Waals surface area contributed by atoms with E-state index in [4.69, 9.17) is 16.3 Å². The molecule has 1 aromatic rings. The largest absolute Gasteiger partial charge is 0.383 e. The predicted molar refractivity (Wildman–Crippen MR) is 66.4 cm³/mol. The molecule has 0 aliphatic heterocycles. The lowest BCUT2D eigenvalue weighted by Gasteiger charge is -2.19. The minimum Gasteiger partial charge on any atom is -0.383 e. The normalized spacial score (nSPS) is 12.5. The van der Waals surface area contributed by atoms with Crippen molar-refractivity contribution in [1.29, 1.82) is 0 Å². The second kappa shape index (κ2) is 6.02. The molecule has 17 heavy (non-hydrogen) atoms. The minimum absolute atomic E-state index is 0.0719. The van der Waals surface area contributed by atoms with Crippen molar-refractivity contribution >= 4 is 17.5 Å². The van der Waals surface area contributed by atoms with Gasteiger partial charge in [-0.1, -0.05) is 0 Å². The van der Waals surface area contributed by atoms with Crippen molar-refractivity contribution in [1.82, 2.24) is 14.7 Å². The van der Waals surface area contributed by atoms with Gasteiger partial charge < -0.3 is 9.64 Å². The van der Waals surface area contributed by atoms with Gasteiger partial charge in [0.15, 0.2) is 0 Å². The van der Waals surface area contributed by atoms with Crippen LogP contribution >= 0.6 is 11.6 Å². The van der Waals surface area contributed by atoms with Crippen LogP contribution in [-0.4, -0.2) is 53.3 Å². The fraction of sp³-hybridized carbons (Fsp3) is 0.636. The Bertz CT molecular complexity index is 392. The quantitative estimate of drug-likeness (QED) is 0.743. The van der Waals surface area contributed by atoms with Crippen LogP contribution in [0.15, 0.2) is 6.20 Å². The summed E-state index contributed by atoms with van der Waals surface area (Å²) in [5.41, 5.74) is 1.33. The van der Waals surface area contributed by atoms with Crippen molar-refractivity contribution < 1.29 is 9.53 Å². The van der Waals surface area contributed by atoms with Crippen LogP contribution in [0.1, 0.15) is 16.1 Å². The van der Waals surface area contributed by atoms with E-state index >= 15 is 0 Å². The number of methoxy groups -OCH3 is 1. The number of alkyl halides is 1. The maximum absolute atomic E-state index is 12.1. The number of carbonyl (C=O) groups is 1. The van der Waals surface area contributed by atoms with Gasteiger partial charge in [-0.15, -0.1) is 11.6 Å². The topological polar surface area (TPSA) is 47.4 Å². The van der Waals surface area contributed by atoms with Crippen molar-refractivity contribution in [3.05, 3.63) is 17.5 Å². The molecule has 1 amide bonds. The number of hydrogen-bond donors (Lipinski definition) is 0. The van der Waals surface area contributed by atoms with Gasteiger partial charge in [0.05, 0.1) is 23.2 Å². The first kappa shape index (κ1) is 14.0. The third kappa shape index (κ3) is 3.71. The Balaban J connectivity index is 2.66. The van der Waals surface area contributed by atoms with Crippen molar-refractivity contribution in [2.24, 2.45) is 7.05 Å². The molecule has 1 atom stereocenters. The first-order chi connectivity index (χ1) is 7.95. The van der Waals surface area contributed by atoms with E-state index in [2.05, 4.69) is 5.10 Å². The molecular weight excluding hydrogens is 242 g/mol. The SMILES string of the molecule is COCC(Cl)CN(C)C(=O)c1cn(C)nc1C. The zero-order valence-corrected chi connectivity index (χ0v) is 11.4. The molecule has 1 heterocycles. The average molecular weight is 260 g/mol. The number of aromatic nitrogens is 2. The lowest BCUT2D eigenvalue weighted by atomic mass is 10.2. The third-order valence-corrected chi connectivity index (χ3v) is 2.67. The van der Waals surface area contributed by atoms with E-state index in [0.29, 0.717) is 18.7 Å². The Morgan fingerprint density at radius 3 is 2.82 bits per heavy atom. The summed E-state index contributed by atoms with van der Waals surface area (Å²) in [6.07, 6.45) is 1.72. The minimum atomic E-state index is -0.203. The first-order valence-corrected chi connectivity index (χ1v) is 5.78. The van der Waals surface area contributed by atoms with Gasteiger partial charge in [-0.05, 0) is 6.92 Å². The van der Waals surface area contributed by atoms with Gasteiger partial charge in [-0.2, -0.15) is 5.10 Å². The number of hydrogen-bond acceptors (Lipinski definition) is 3. The van der Waals surface area contributed by atoms with E-state index in [-0.39, 0.29) is 11.3 Å². The highest BCUT2D eigenvalue weighted by Gasteiger charge is 2.19. The Labute approximate surface area is 106 Å². The molecule has 1 rings (SSSR count). The third-order valence-electron chi connectivity index (χ3n) is 2.41. The molecule has 96 valence electrons. The Morgan fingerprint density at radius 2 is 2.35 bits per heavy atom. The standard InChI is InChI=1S/C11H18ClN3O2/c1-8-10(6-15(3)13-8)11(16)14(2)5-9(12)7-17-4/h6,9H,5,7H2,1-4H3. The van der Waals surface area contributed by atoms with Crippen molar-refractivity contribution in [2.75, 3.05) is 27.3 Å². The highest BCUT2D eigenvalue weighted by Crippen LogP contribution is 2.09. The number of rotatable bonds is 5. The summed E-state index contributed by atoms with van der Waals surface area (Å²) in [5, 5.41) is 3.94. The van der Waals surface area contributed by atoms with Gasteiger partial charge in [0, 0.05) is 33.9 Å². The highest BCUT2D eigenvalue weighted by atomic mass is 35.5. The van der Waals surface area contributed by atoms with Gasteiger partial charge >= 0.3 is 0 Å². The monoisotopic (exact) mass is 259 g/mol. The molecule has 0 aliphatic rings. The number of aryl methyl sites for hydroxylation is 2. The van der Waals surface area contributed by atoms with E-state index in [1.54, 1.807) is 37.0 Å². The maximum atomic E-state index is 12.1. The lowest BCUT2D eigenvalue weighted by molar-refractivity contribution is 0.0781. The fourth-order valence-electron chi connectivity index (χ4n) is 1.63. The zero-order chi connectivity index (χ0) is 13.0. The molecule has 1 unspecified atom stereocenters. The molecule has 0 aromatic carbocycles. The van der Waals surface area contributed by atoms with Gasteiger partial charge in [0.2, 0.25) is 0 Å². The molecule has 0 radical (unpaired) electrons. The molecule has 0 aliphatic carbocycles.